The molecule has 0 heterocycles. The van der Waals surface area contributed by atoms with E-state index in [4.69, 9.17) is 0 Å². The second-order valence-electron chi connectivity index (χ2n) is 6.16. The normalized spacial score (nSPS) is 19.4. The van der Waals surface area contributed by atoms with E-state index in [2.05, 4.69) is 5.32 Å². The minimum atomic E-state index is -4.43. The number of halogens is 3. The van der Waals surface area contributed by atoms with Crippen LogP contribution in [0, 0.1) is 5.92 Å². The molecule has 25 heavy (non-hydrogen) atoms. The lowest BCUT2D eigenvalue weighted by molar-refractivity contribution is -0.138. The molecule has 2 unspecified atom stereocenters. The standard InChI is InChI=1S/C19H16F3NO2/c1-11(24)12-5-4-6-13(9-12)23-18(25)16-10-15(16)14-7-2-3-8-17(14)19(20,21)22/h2-9,15-16H,10H2,1H3,(H,23,25). The molecule has 1 aliphatic rings. The molecule has 0 bridgehead atoms. The van der Waals surface area contributed by atoms with Gasteiger partial charge in [0, 0.05) is 17.2 Å². The first-order valence-corrected chi connectivity index (χ1v) is 7.85. The van der Waals surface area contributed by atoms with Crippen molar-refractivity contribution in [1.82, 2.24) is 0 Å². The van der Waals surface area contributed by atoms with Crippen LogP contribution in [0.15, 0.2) is 48.5 Å². The van der Waals surface area contributed by atoms with Crippen molar-refractivity contribution in [3.63, 3.8) is 0 Å². The van der Waals surface area contributed by atoms with Crippen LogP contribution >= 0.6 is 0 Å². The van der Waals surface area contributed by atoms with E-state index >= 15 is 0 Å². The highest BCUT2D eigenvalue weighted by Gasteiger charge is 2.47. The molecule has 0 radical (unpaired) electrons. The molecule has 2 aromatic carbocycles. The highest BCUT2D eigenvalue weighted by atomic mass is 19.4. The van der Waals surface area contributed by atoms with Gasteiger partial charge in [0.15, 0.2) is 5.78 Å². The Kier molecular flexibility index (Phi) is 4.37. The Bertz CT molecular complexity index is 829. The van der Waals surface area contributed by atoms with Gasteiger partial charge in [0.25, 0.3) is 0 Å². The molecule has 2 atom stereocenters. The summed E-state index contributed by atoms with van der Waals surface area (Å²) < 4.78 is 39.3. The van der Waals surface area contributed by atoms with Gasteiger partial charge in [-0.1, -0.05) is 30.3 Å². The summed E-state index contributed by atoms with van der Waals surface area (Å²) in [4.78, 5) is 23.7. The minimum Gasteiger partial charge on any atom is -0.326 e. The summed E-state index contributed by atoms with van der Waals surface area (Å²) in [5, 5.41) is 2.68. The van der Waals surface area contributed by atoms with E-state index in [0.29, 0.717) is 17.7 Å². The van der Waals surface area contributed by atoms with E-state index in [1.165, 1.54) is 19.1 Å². The number of benzene rings is 2. The predicted molar refractivity (Wildman–Crippen MR) is 87.4 cm³/mol. The number of anilines is 1. The summed E-state index contributed by atoms with van der Waals surface area (Å²) >= 11 is 0. The van der Waals surface area contributed by atoms with Gasteiger partial charge in [-0.3, -0.25) is 9.59 Å². The fraction of sp³-hybridized carbons (Fsp3) is 0.263. The Morgan fingerprint density at radius 1 is 1.08 bits per heavy atom. The van der Waals surface area contributed by atoms with Crippen LogP contribution in [0.25, 0.3) is 0 Å². The first-order valence-electron chi connectivity index (χ1n) is 7.85. The van der Waals surface area contributed by atoms with Crippen molar-refractivity contribution in [3.05, 3.63) is 65.2 Å². The maximum atomic E-state index is 13.1. The molecule has 1 saturated carbocycles. The van der Waals surface area contributed by atoms with Crippen molar-refractivity contribution in [3.8, 4) is 0 Å². The monoisotopic (exact) mass is 347 g/mol. The molecular weight excluding hydrogens is 331 g/mol. The lowest BCUT2D eigenvalue weighted by Gasteiger charge is -2.12. The van der Waals surface area contributed by atoms with Gasteiger partial charge >= 0.3 is 6.18 Å². The molecule has 1 amide bonds. The van der Waals surface area contributed by atoms with Crippen LogP contribution in [0.2, 0.25) is 0 Å². The fourth-order valence-corrected chi connectivity index (χ4v) is 2.96. The molecular formula is C19H16F3NO2. The average Bonchev–Trinajstić information content (AvgIpc) is 3.35. The van der Waals surface area contributed by atoms with Crippen molar-refractivity contribution < 1.29 is 22.8 Å². The lowest BCUT2D eigenvalue weighted by Crippen LogP contribution is -2.16. The van der Waals surface area contributed by atoms with Gasteiger partial charge in [0.1, 0.15) is 0 Å². The van der Waals surface area contributed by atoms with Gasteiger partial charge in [-0.15, -0.1) is 0 Å². The topological polar surface area (TPSA) is 46.2 Å². The van der Waals surface area contributed by atoms with E-state index in [9.17, 15) is 22.8 Å². The SMILES string of the molecule is CC(=O)c1cccc(NC(=O)C2CC2c2ccccc2C(F)(F)F)c1. The Morgan fingerprint density at radius 2 is 1.80 bits per heavy atom. The van der Waals surface area contributed by atoms with Gasteiger partial charge in [-0.25, -0.2) is 0 Å². The lowest BCUT2D eigenvalue weighted by atomic mass is 10.0. The number of hydrogen-bond donors (Lipinski definition) is 1. The van der Waals surface area contributed by atoms with E-state index < -0.39 is 23.6 Å². The first kappa shape index (κ1) is 17.2. The van der Waals surface area contributed by atoms with Gasteiger partial charge in [0.05, 0.1) is 5.56 Å². The predicted octanol–water partition coefficient (Wildman–Crippen LogP) is 4.65. The average molecular weight is 347 g/mol. The van der Waals surface area contributed by atoms with Crippen LogP contribution in [0.1, 0.15) is 40.7 Å². The van der Waals surface area contributed by atoms with E-state index in [1.807, 2.05) is 0 Å². The van der Waals surface area contributed by atoms with E-state index in [1.54, 1.807) is 30.3 Å². The molecule has 6 heteroatoms. The number of ketones is 1. The molecule has 1 fully saturated rings. The van der Waals surface area contributed by atoms with Gasteiger partial charge in [-0.05, 0) is 43.0 Å². The minimum absolute atomic E-state index is 0.125. The van der Waals surface area contributed by atoms with Crippen molar-refractivity contribution in [1.29, 1.82) is 0 Å². The maximum absolute atomic E-state index is 13.1. The summed E-state index contributed by atoms with van der Waals surface area (Å²) in [5.41, 5.74) is 0.404. The number of carbonyl (C=O) groups excluding carboxylic acids is 2. The quantitative estimate of drug-likeness (QED) is 0.819. The van der Waals surface area contributed by atoms with Crippen LogP contribution in [0.5, 0.6) is 0 Å². The zero-order valence-electron chi connectivity index (χ0n) is 13.4. The first-order chi connectivity index (χ1) is 11.8. The van der Waals surface area contributed by atoms with Gasteiger partial charge in [0.2, 0.25) is 5.91 Å². The summed E-state index contributed by atoms with van der Waals surface area (Å²) in [6, 6.07) is 11.8. The van der Waals surface area contributed by atoms with Crippen molar-refractivity contribution in [2.75, 3.05) is 5.32 Å². The number of rotatable bonds is 4. The Hall–Kier alpha value is -2.63. The van der Waals surface area contributed by atoms with Gasteiger partial charge < -0.3 is 5.32 Å². The summed E-state index contributed by atoms with van der Waals surface area (Å²) in [7, 11) is 0. The zero-order valence-corrected chi connectivity index (χ0v) is 13.4. The van der Waals surface area contributed by atoms with Gasteiger partial charge in [-0.2, -0.15) is 13.2 Å². The van der Waals surface area contributed by atoms with Crippen LogP contribution in [0.4, 0.5) is 18.9 Å². The molecule has 0 aromatic heterocycles. The summed E-state index contributed by atoms with van der Waals surface area (Å²) in [5.74, 6) is -1.39. The third-order valence-electron chi connectivity index (χ3n) is 4.33. The van der Waals surface area contributed by atoms with Crippen LogP contribution < -0.4 is 5.32 Å². The van der Waals surface area contributed by atoms with Crippen LogP contribution in [-0.2, 0) is 11.0 Å². The fourth-order valence-electron chi connectivity index (χ4n) is 2.96. The number of alkyl halides is 3. The number of amides is 1. The van der Waals surface area contributed by atoms with E-state index in [0.717, 1.165) is 6.07 Å². The largest absolute Gasteiger partial charge is 0.416 e. The molecule has 3 nitrogen and oxygen atoms in total. The van der Waals surface area contributed by atoms with Crippen LogP contribution in [-0.4, -0.2) is 11.7 Å². The van der Waals surface area contributed by atoms with E-state index in [-0.39, 0.29) is 17.3 Å². The third-order valence-corrected chi connectivity index (χ3v) is 4.33. The summed E-state index contributed by atoms with van der Waals surface area (Å²) in [6.45, 7) is 1.42. The molecule has 3 rings (SSSR count). The Morgan fingerprint density at radius 3 is 2.48 bits per heavy atom. The van der Waals surface area contributed by atoms with Crippen molar-refractivity contribution in [2.24, 2.45) is 5.92 Å². The molecule has 1 aliphatic carbocycles. The molecule has 2 aromatic rings. The number of carbonyl (C=O) groups is 2. The second-order valence-corrected chi connectivity index (χ2v) is 6.16. The maximum Gasteiger partial charge on any atom is 0.416 e. The smallest absolute Gasteiger partial charge is 0.326 e. The molecule has 0 saturated heterocycles. The molecule has 0 spiro atoms. The zero-order chi connectivity index (χ0) is 18.2. The number of Topliss-reactive ketones (excluding diaryl/α,β-unsaturated/α-hetero) is 1. The second kappa shape index (κ2) is 6.35. The summed E-state index contributed by atoms with van der Waals surface area (Å²) in [6.07, 6.45) is -4.05. The van der Waals surface area contributed by atoms with Crippen molar-refractivity contribution >= 4 is 17.4 Å². The Balaban J connectivity index is 1.73. The highest BCUT2D eigenvalue weighted by molar-refractivity contribution is 5.98. The molecule has 1 N–H and O–H groups in total. The van der Waals surface area contributed by atoms with Crippen LogP contribution in [0.3, 0.4) is 0 Å². The third kappa shape index (κ3) is 3.73. The Labute approximate surface area is 142 Å². The number of nitrogens with one attached hydrogen (secondary N) is 1. The molecule has 130 valence electrons. The molecule has 0 aliphatic heterocycles. The highest BCUT2D eigenvalue weighted by Crippen LogP contribution is 2.51. The number of hydrogen-bond acceptors (Lipinski definition) is 2. The van der Waals surface area contributed by atoms with Crippen molar-refractivity contribution in [2.45, 2.75) is 25.4 Å².